The summed E-state index contributed by atoms with van der Waals surface area (Å²) in [5.74, 6) is -3.13. The molecule has 0 saturated carbocycles. The minimum Gasteiger partial charge on any atom is -0.373 e. The summed E-state index contributed by atoms with van der Waals surface area (Å²) in [4.78, 5) is 14.3. The van der Waals surface area contributed by atoms with Gasteiger partial charge in [0.2, 0.25) is 5.91 Å². The highest BCUT2D eigenvalue weighted by atomic mass is 19.3. The number of carbonyl (C=O) groups excluding carboxylic acids is 1. The van der Waals surface area contributed by atoms with E-state index in [1.165, 1.54) is 0 Å². The van der Waals surface area contributed by atoms with Crippen molar-refractivity contribution >= 4 is 5.91 Å². The fourth-order valence-corrected chi connectivity index (χ4v) is 3.11. The Bertz CT molecular complexity index is 408. The molecule has 5 nitrogen and oxygen atoms in total. The Morgan fingerprint density at radius 3 is 2.45 bits per heavy atom. The molecule has 0 bridgehead atoms. The standard InChI is InChI=1S/C15H27F2N3O2/c1-10-6-20(7-11(2)22-10)14(3,4)8-19-13(21)12-5-15(16,17)9-18-12/h10-12,18H,5-9H2,1-4H3,(H,19,21). The van der Waals surface area contributed by atoms with Gasteiger partial charge in [0.15, 0.2) is 0 Å². The molecule has 0 aromatic heterocycles. The van der Waals surface area contributed by atoms with Crippen molar-refractivity contribution in [1.82, 2.24) is 15.5 Å². The summed E-state index contributed by atoms with van der Waals surface area (Å²) in [6, 6.07) is -0.798. The molecule has 7 heteroatoms. The quantitative estimate of drug-likeness (QED) is 0.811. The second-order valence-corrected chi connectivity index (χ2v) is 7.19. The van der Waals surface area contributed by atoms with Gasteiger partial charge in [0, 0.05) is 31.6 Å². The van der Waals surface area contributed by atoms with E-state index < -0.39 is 24.9 Å². The first-order valence-corrected chi connectivity index (χ1v) is 7.88. The Kier molecular flexibility index (Phi) is 5.09. The number of alkyl halides is 2. The Morgan fingerprint density at radius 1 is 1.36 bits per heavy atom. The third-order valence-electron chi connectivity index (χ3n) is 4.40. The molecule has 2 saturated heterocycles. The van der Waals surface area contributed by atoms with Crippen LogP contribution in [0.5, 0.6) is 0 Å². The molecule has 0 aromatic rings. The highest BCUT2D eigenvalue weighted by molar-refractivity contribution is 5.82. The number of halogens is 2. The van der Waals surface area contributed by atoms with E-state index in [4.69, 9.17) is 4.74 Å². The second kappa shape index (κ2) is 6.37. The maximum Gasteiger partial charge on any atom is 0.262 e. The first-order chi connectivity index (χ1) is 10.1. The zero-order valence-electron chi connectivity index (χ0n) is 13.8. The molecule has 2 rings (SSSR count). The molecule has 0 aliphatic carbocycles. The van der Waals surface area contributed by atoms with E-state index >= 15 is 0 Å². The number of nitrogens with one attached hydrogen (secondary N) is 2. The summed E-state index contributed by atoms with van der Waals surface area (Å²) in [7, 11) is 0. The molecule has 22 heavy (non-hydrogen) atoms. The van der Waals surface area contributed by atoms with Crippen LogP contribution in [-0.4, -0.2) is 66.7 Å². The van der Waals surface area contributed by atoms with Gasteiger partial charge < -0.3 is 10.1 Å². The number of morpholine rings is 1. The van der Waals surface area contributed by atoms with Gasteiger partial charge in [0.1, 0.15) is 0 Å². The van der Waals surface area contributed by atoms with E-state index in [-0.39, 0.29) is 23.7 Å². The fraction of sp³-hybridized carbons (Fsp3) is 0.933. The van der Waals surface area contributed by atoms with Crippen molar-refractivity contribution in [3.8, 4) is 0 Å². The van der Waals surface area contributed by atoms with Crippen LogP contribution in [0.25, 0.3) is 0 Å². The van der Waals surface area contributed by atoms with Crippen molar-refractivity contribution in [2.75, 3.05) is 26.2 Å². The second-order valence-electron chi connectivity index (χ2n) is 7.19. The molecule has 128 valence electrons. The third-order valence-corrected chi connectivity index (χ3v) is 4.40. The van der Waals surface area contributed by atoms with Crippen LogP contribution in [0, 0.1) is 0 Å². The van der Waals surface area contributed by atoms with Crippen LogP contribution >= 0.6 is 0 Å². The van der Waals surface area contributed by atoms with Gasteiger partial charge in [0.05, 0.1) is 24.8 Å². The summed E-state index contributed by atoms with van der Waals surface area (Å²) in [5.41, 5.74) is -0.247. The maximum atomic E-state index is 13.1. The van der Waals surface area contributed by atoms with E-state index in [0.717, 1.165) is 13.1 Å². The van der Waals surface area contributed by atoms with Gasteiger partial charge in [-0.1, -0.05) is 0 Å². The molecule has 2 heterocycles. The number of ether oxygens (including phenoxy) is 1. The number of rotatable bonds is 4. The lowest BCUT2D eigenvalue weighted by Gasteiger charge is -2.45. The number of nitrogens with zero attached hydrogens (tertiary/aromatic N) is 1. The largest absolute Gasteiger partial charge is 0.373 e. The van der Waals surface area contributed by atoms with Crippen molar-refractivity contribution in [3.63, 3.8) is 0 Å². The molecule has 2 N–H and O–H groups in total. The van der Waals surface area contributed by atoms with Gasteiger partial charge in [-0.25, -0.2) is 8.78 Å². The third kappa shape index (κ3) is 4.36. The van der Waals surface area contributed by atoms with Gasteiger partial charge >= 0.3 is 0 Å². The first kappa shape index (κ1) is 17.6. The smallest absolute Gasteiger partial charge is 0.262 e. The fourth-order valence-electron chi connectivity index (χ4n) is 3.11. The number of hydrogen-bond acceptors (Lipinski definition) is 4. The zero-order chi connectivity index (χ0) is 16.5. The highest BCUT2D eigenvalue weighted by Gasteiger charge is 2.42. The Morgan fingerprint density at radius 2 is 1.95 bits per heavy atom. The topological polar surface area (TPSA) is 53.6 Å². The monoisotopic (exact) mass is 319 g/mol. The van der Waals surface area contributed by atoms with Crippen molar-refractivity contribution < 1.29 is 18.3 Å². The summed E-state index contributed by atoms with van der Waals surface area (Å²) >= 11 is 0. The molecule has 2 aliphatic heterocycles. The Hall–Kier alpha value is -0.790. The van der Waals surface area contributed by atoms with Gasteiger partial charge in [-0.2, -0.15) is 0 Å². The van der Waals surface area contributed by atoms with Crippen molar-refractivity contribution in [3.05, 3.63) is 0 Å². The SMILES string of the molecule is CC1CN(C(C)(C)CNC(=O)C2CC(F)(F)CN2)CC(C)O1. The summed E-state index contributed by atoms with van der Waals surface area (Å²) < 4.78 is 32.0. The lowest BCUT2D eigenvalue weighted by atomic mass is 9.99. The predicted octanol–water partition coefficient (Wildman–Crippen LogP) is 0.988. The van der Waals surface area contributed by atoms with E-state index in [9.17, 15) is 13.6 Å². The van der Waals surface area contributed by atoms with Gasteiger partial charge in [-0.15, -0.1) is 0 Å². The van der Waals surface area contributed by atoms with E-state index in [1.54, 1.807) is 0 Å². The van der Waals surface area contributed by atoms with Crippen LogP contribution in [0.3, 0.4) is 0 Å². The van der Waals surface area contributed by atoms with Crippen LogP contribution in [0.2, 0.25) is 0 Å². The summed E-state index contributed by atoms with van der Waals surface area (Å²) in [6.07, 6.45) is -0.131. The van der Waals surface area contributed by atoms with Crippen molar-refractivity contribution in [2.24, 2.45) is 0 Å². The van der Waals surface area contributed by atoms with Gasteiger partial charge in [-0.3, -0.25) is 15.0 Å². The average Bonchev–Trinajstić information content (AvgIpc) is 2.75. The number of hydrogen-bond donors (Lipinski definition) is 2. The molecule has 2 aliphatic rings. The van der Waals surface area contributed by atoms with Crippen LogP contribution < -0.4 is 10.6 Å². The average molecular weight is 319 g/mol. The lowest BCUT2D eigenvalue weighted by molar-refractivity contribution is -0.125. The minimum atomic E-state index is -2.79. The normalized spacial score (nSPS) is 32.9. The molecule has 0 aromatic carbocycles. The molecule has 0 spiro atoms. The van der Waals surface area contributed by atoms with Crippen LogP contribution in [0.1, 0.15) is 34.1 Å². The number of amides is 1. The van der Waals surface area contributed by atoms with Gasteiger partial charge in [-0.05, 0) is 27.7 Å². The first-order valence-electron chi connectivity index (χ1n) is 7.88. The molecule has 0 radical (unpaired) electrons. The molecule has 2 fully saturated rings. The zero-order valence-corrected chi connectivity index (χ0v) is 13.8. The molecule has 1 amide bonds. The molecule has 3 unspecified atom stereocenters. The van der Waals surface area contributed by atoms with Crippen LogP contribution in [0.4, 0.5) is 8.78 Å². The minimum absolute atomic E-state index is 0.147. The predicted molar refractivity (Wildman–Crippen MR) is 80.0 cm³/mol. The Balaban J connectivity index is 1.85. The maximum absolute atomic E-state index is 13.1. The van der Waals surface area contributed by atoms with Crippen LogP contribution in [0.15, 0.2) is 0 Å². The van der Waals surface area contributed by atoms with E-state index in [0.29, 0.717) is 6.54 Å². The summed E-state index contributed by atoms with van der Waals surface area (Å²) in [6.45, 7) is 9.76. The van der Waals surface area contributed by atoms with E-state index in [1.807, 2.05) is 13.8 Å². The number of carbonyl (C=O) groups is 1. The molecule has 3 atom stereocenters. The molecular weight excluding hydrogens is 292 g/mol. The molecular formula is C15H27F2N3O2. The lowest BCUT2D eigenvalue weighted by Crippen LogP contribution is -2.59. The van der Waals surface area contributed by atoms with E-state index in [2.05, 4.69) is 29.4 Å². The van der Waals surface area contributed by atoms with Crippen molar-refractivity contribution in [1.29, 1.82) is 0 Å². The highest BCUT2D eigenvalue weighted by Crippen LogP contribution is 2.25. The van der Waals surface area contributed by atoms with Crippen LogP contribution in [-0.2, 0) is 9.53 Å². The van der Waals surface area contributed by atoms with Gasteiger partial charge in [0.25, 0.3) is 5.92 Å². The Labute approximate surface area is 130 Å². The summed E-state index contributed by atoms with van der Waals surface area (Å²) in [5, 5.41) is 5.39. The van der Waals surface area contributed by atoms with Crippen molar-refractivity contribution in [2.45, 2.75) is 63.8 Å².